The van der Waals surface area contributed by atoms with E-state index in [0.29, 0.717) is 18.1 Å². The van der Waals surface area contributed by atoms with Crippen molar-refractivity contribution in [1.82, 2.24) is 20.1 Å². The van der Waals surface area contributed by atoms with Gasteiger partial charge in [0.2, 0.25) is 11.7 Å². The fourth-order valence-electron chi connectivity index (χ4n) is 2.11. The summed E-state index contributed by atoms with van der Waals surface area (Å²) in [5.41, 5.74) is 9.22. The van der Waals surface area contributed by atoms with Gasteiger partial charge in [-0.3, -0.25) is 0 Å². The van der Waals surface area contributed by atoms with Gasteiger partial charge in [0.05, 0.1) is 12.4 Å². The van der Waals surface area contributed by atoms with Crippen molar-refractivity contribution < 1.29 is 4.52 Å². The fraction of sp³-hybridized carbons (Fsp3) is 0.267. The molecule has 2 aromatic heterocycles. The van der Waals surface area contributed by atoms with E-state index in [-0.39, 0.29) is 6.04 Å². The second-order valence-corrected chi connectivity index (χ2v) is 4.89. The Morgan fingerprint density at radius 1 is 1.29 bits per heavy atom. The van der Waals surface area contributed by atoms with Crippen LogP contribution in [-0.2, 0) is 12.8 Å². The second kappa shape index (κ2) is 5.88. The number of aromatic nitrogens is 4. The molecular weight excluding hydrogens is 266 g/mol. The summed E-state index contributed by atoms with van der Waals surface area (Å²) in [5.74, 6) is 0.992. The third-order valence-electron chi connectivity index (χ3n) is 3.37. The normalized spacial score (nSPS) is 12.5. The number of benzene rings is 1. The lowest BCUT2D eigenvalue weighted by molar-refractivity contribution is 0.354. The summed E-state index contributed by atoms with van der Waals surface area (Å²) < 4.78 is 5.27. The monoisotopic (exact) mass is 283 g/mol. The quantitative estimate of drug-likeness (QED) is 0.749. The first kappa shape index (κ1) is 13.5. The van der Waals surface area contributed by atoms with Crippen LogP contribution in [0, 0.1) is 0 Å². The minimum absolute atomic E-state index is 0.346. The Bertz CT molecular complexity index is 687. The van der Waals surface area contributed by atoms with E-state index in [4.69, 9.17) is 10.3 Å². The Hall–Kier alpha value is -2.47. The van der Waals surface area contributed by atoms with Gasteiger partial charge in [0.25, 0.3) is 0 Å². The minimum Gasteiger partial charge on any atom is -0.348 e. The molecule has 1 atom stereocenters. The Morgan fingerprint density at radius 3 is 2.76 bits per heavy atom. The average Bonchev–Trinajstić information content (AvgIpc) is 3.18. The number of nitrogens with two attached hydrogens (primary N) is 1. The first-order chi connectivity index (χ1) is 10.3. The van der Waals surface area contributed by atoms with Crippen molar-refractivity contribution in [3.8, 4) is 11.4 Å². The number of imidazole rings is 1. The number of hydrogen-bond acceptors (Lipinski definition) is 5. The molecule has 108 valence electrons. The van der Waals surface area contributed by atoms with Gasteiger partial charge in [-0.25, -0.2) is 4.98 Å². The van der Waals surface area contributed by atoms with Gasteiger partial charge in [-0.2, -0.15) is 4.98 Å². The standard InChI is InChI=1S/C15H17N5O/c1-2-10-3-5-11(6-4-10)14-19-15(21-20-14)13(16)7-12-8-17-9-18-12/h3-6,8-9,13H,2,7,16H2,1H3,(H,17,18)/t13-/m0/s1. The van der Waals surface area contributed by atoms with Crippen LogP contribution in [0.25, 0.3) is 11.4 Å². The molecule has 0 radical (unpaired) electrons. The lowest BCUT2D eigenvalue weighted by atomic mass is 10.1. The van der Waals surface area contributed by atoms with Crippen LogP contribution >= 0.6 is 0 Å². The SMILES string of the molecule is CCc1ccc(-c2noc([C@@H](N)Cc3cnc[nH]3)n2)cc1. The first-order valence-corrected chi connectivity index (χ1v) is 6.92. The van der Waals surface area contributed by atoms with E-state index >= 15 is 0 Å². The first-order valence-electron chi connectivity index (χ1n) is 6.92. The molecule has 0 saturated carbocycles. The molecule has 3 aromatic rings. The zero-order valence-electron chi connectivity index (χ0n) is 11.8. The number of nitrogens with one attached hydrogen (secondary N) is 1. The highest BCUT2D eigenvalue weighted by molar-refractivity contribution is 5.54. The summed E-state index contributed by atoms with van der Waals surface area (Å²) in [7, 11) is 0. The number of hydrogen-bond donors (Lipinski definition) is 2. The van der Waals surface area contributed by atoms with Crippen molar-refractivity contribution in [2.24, 2.45) is 5.73 Å². The maximum atomic E-state index is 6.08. The Morgan fingerprint density at radius 2 is 2.10 bits per heavy atom. The maximum absolute atomic E-state index is 6.08. The van der Waals surface area contributed by atoms with Crippen LogP contribution in [-0.4, -0.2) is 20.1 Å². The summed E-state index contributed by atoms with van der Waals surface area (Å²) >= 11 is 0. The molecule has 6 heteroatoms. The molecule has 0 spiro atoms. The largest absolute Gasteiger partial charge is 0.348 e. The van der Waals surface area contributed by atoms with Crippen LogP contribution in [0.4, 0.5) is 0 Å². The van der Waals surface area contributed by atoms with Crippen LogP contribution in [0.1, 0.15) is 30.1 Å². The molecule has 21 heavy (non-hydrogen) atoms. The van der Waals surface area contributed by atoms with Gasteiger partial charge in [-0.1, -0.05) is 36.3 Å². The van der Waals surface area contributed by atoms with Crippen molar-refractivity contribution >= 4 is 0 Å². The van der Waals surface area contributed by atoms with Gasteiger partial charge < -0.3 is 15.2 Å². The van der Waals surface area contributed by atoms with Crippen molar-refractivity contribution in [3.63, 3.8) is 0 Å². The minimum atomic E-state index is -0.346. The lowest BCUT2D eigenvalue weighted by Crippen LogP contribution is -2.13. The van der Waals surface area contributed by atoms with Crippen molar-refractivity contribution in [2.45, 2.75) is 25.8 Å². The highest BCUT2D eigenvalue weighted by Crippen LogP contribution is 2.20. The third kappa shape index (κ3) is 3.00. The highest BCUT2D eigenvalue weighted by Gasteiger charge is 2.16. The molecular formula is C15H17N5O. The molecule has 2 heterocycles. The van der Waals surface area contributed by atoms with E-state index in [2.05, 4.69) is 39.2 Å². The zero-order chi connectivity index (χ0) is 14.7. The Labute approximate surface area is 122 Å². The van der Waals surface area contributed by atoms with E-state index in [1.807, 2.05) is 12.1 Å². The van der Waals surface area contributed by atoms with Gasteiger partial charge in [0, 0.05) is 23.9 Å². The van der Waals surface area contributed by atoms with Gasteiger partial charge in [0.1, 0.15) is 0 Å². The fourth-order valence-corrected chi connectivity index (χ4v) is 2.11. The van der Waals surface area contributed by atoms with E-state index < -0.39 is 0 Å². The average molecular weight is 283 g/mol. The number of nitrogens with zero attached hydrogens (tertiary/aromatic N) is 3. The maximum Gasteiger partial charge on any atom is 0.244 e. The molecule has 6 nitrogen and oxygen atoms in total. The predicted octanol–water partition coefficient (Wildman–Crippen LogP) is 2.26. The zero-order valence-corrected chi connectivity index (χ0v) is 11.8. The summed E-state index contributed by atoms with van der Waals surface area (Å²) in [4.78, 5) is 11.3. The van der Waals surface area contributed by atoms with Crippen molar-refractivity contribution in [2.75, 3.05) is 0 Å². The van der Waals surface area contributed by atoms with Crippen molar-refractivity contribution in [3.05, 3.63) is 53.9 Å². The molecule has 1 aromatic carbocycles. The molecule has 0 aliphatic heterocycles. The Balaban J connectivity index is 1.75. The van der Waals surface area contributed by atoms with Crippen LogP contribution in [0.15, 0.2) is 41.3 Å². The molecule has 3 rings (SSSR count). The summed E-state index contributed by atoms with van der Waals surface area (Å²) in [6, 6.07) is 7.77. The Kier molecular flexibility index (Phi) is 3.79. The van der Waals surface area contributed by atoms with Gasteiger partial charge in [-0.15, -0.1) is 0 Å². The topological polar surface area (TPSA) is 93.6 Å². The van der Waals surface area contributed by atoms with Gasteiger partial charge in [0.15, 0.2) is 0 Å². The molecule has 0 bridgehead atoms. The molecule has 0 saturated heterocycles. The number of aromatic amines is 1. The smallest absolute Gasteiger partial charge is 0.244 e. The molecule has 0 amide bonds. The van der Waals surface area contributed by atoms with Crippen LogP contribution in [0.5, 0.6) is 0 Å². The highest BCUT2D eigenvalue weighted by atomic mass is 16.5. The second-order valence-electron chi connectivity index (χ2n) is 4.89. The predicted molar refractivity (Wildman–Crippen MR) is 78.3 cm³/mol. The molecule has 0 aliphatic carbocycles. The number of aryl methyl sites for hydroxylation is 1. The van der Waals surface area contributed by atoms with E-state index in [1.165, 1.54) is 5.56 Å². The number of rotatable bonds is 5. The summed E-state index contributed by atoms with van der Waals surface area (Å²) in [6.07, 6.45) is 4.94. The van der Waals surface area contributed by atoms with Crippen LogP contribution in [0.3, 0.4) is 0 Å². The summed E-state index contributed by atoms with van der Waals surface area (Å²) in [6.45, 7) is 2.12. The van der Waals surface area contributed by atoms with E-state index in [1.54, 1.807) is 12.5 Å². The molecule has 0 unspecified atom stereocenters. The molecule has 0 fully saturated rings. The van der Waals surface area contributed by atoms with Crippen molar-refractivity contribution in [1.29, 1.82) is 0 Å². The van der Waals surface area contributed by atoms with Crippen LogP contribution in [0.2, 0.25) is 0 Å². The third-order valence-corrected chi connectivity index (χ3v) is 3.37. The lowest BCUT2D eigenvalue weighted by Gasteiger charge is -2.03. The van der Waals surface area contributed by atoms with Gasteiger partial charge >= 0.3 is 0 Å². The van der Waals surface area contributed by atoms with Gasteiger partial charge in [-0.05, 0) is 12.0 Å². The summed E-state index contributed by atoms with van der Waals surface area (Å²) in [5, 5.41) is 4.00. The van der Waals surface area contributed by atoms with E-state index in [9.17, 15) is 0 Å². The van der Waals surface area contributed by atoms with Crippen LogP contribution < -0.4 is 5.73 Å². The number of H-pyrrole nitrogens is 1. The van der Waals surface area contributed by atoms with E-state index in [0.717, 1.165) is 17.7 Å². The molecule has 3 N–H and O–H groups in total. The molecule has 0 aliphatic rings.